The molecule has 80 valence electrons. The van der Waals surface area contributed by atoms with E-state index in [1.807, 2.05) is 6.07 Å². The van der Waals surface area contributed by atoms with Gasteiger partial charge < -0.3 is 9.64 Å². The molecule has 0 unspecified atom stereocenters. The second kappa shape index (κ2) is 4.93. The molecule has 0 saturated carbocycles. The molecule has 0 aliphatic carbocycles. The van der Waals surface area contributed by atoms with Gasteiger partial charge in [0, 0.05) is 11.5 Å². The Morgan fingerprint density at radius 2 is 1.93 bits per heavy atom. The summed E-state index contributed by atoms with van der Waals surface area (Å²) in [4.78, 5) is 23.7. The lowest BCUT2D eigenvalue weighted by Crippen LogP contribution is -2.34. The molecule has 0 aliphatic rings. The third-order valence-corrected chi connectivity index (χ3v) is 2.55. The third kappa shape index (κ3) is 2.56. The van der Waals surface area contributed by atoms with E-state index in [-0.39, 0.29) is 0 Å². The van der Waals surface area contributed by atoms with E-state index in [2.05, 4.69) is 20.7 Å². The maximum Gasteiger partial charge on any atom is 0.397 e. The van der Waals surface area contributed by atoms with Gasteiger partial charge in [0.15, 0.2) is 0 Å². The Bertz CT molecular complexity index is 392. The summed E-state index contributed by atoms with van der Waals surface area (Å²) in [5, 5.41) is 0. The molecule has 1 aromatic carbocycles. The normalized spacial score (nSPS) is 9.53. The van der Waals surface area contributed by atoms with E-state index in [9.17, 15) is 9.59 Å². The molecular weight excluding hydrogens is 262 g/mol. The second-order valence-corrected chi connectivity index (χ2v) is 3.66. The minimum absolute atomic E-state index is 0.618. The van der Waals surface area contributed by atoms with Gasteiger partial charge in [-0.05, 0) is 28.1 Å². The van der Waals surface area contributed by atoms with Crippen LogP contribution in [0.5, 0.6) is 0 Å². The van der Waals surface area contributed by atoms with Gasteiger partial charge in [0.1, 0.15) is 0 Å². The summed E-state index contributed by atoms with van der Waals surface area (Å²) in [6.45, 7) is 0. The lowest BCUT2D eigenvalue weighted by molar-refractivity contribution is -0.151. The molecule has 0 atom stereocenters. The van der Waals surface area contributed by atoms with E-state index in [0.29, 0.717) is 5.69 Å². The Labute approximate surface area is 96.0 Å². The zero-order chi connectivity index (χ0) is 11.4. The molecule has 0 radical (unpaired) electrons. The van der Waals surface area contributed by atoms with Crippen molar-refractivity contribution < 1.29 is 14.3 Å². The van der Waals surface area contributed by atoms with Crippen LogP contribution in [0.15, 0.2) is 28.7 Å². The first-order valence-electron chi connectivity index (χ1n) is 4.18. The number of esters is 1. The predicted molar refractivity (Wildman–Crippen MR) is 59.6 cm³/mol. The molecule has 5 heteroatoms. The van der Waals surface area contributed by atoms with E-state index in [0.717, 1.165) is 4.47 Å². The number of ether oxygens (including phenoxy) is 1. The molecule has 1 aromatic rings. The first-order valence-corrected chi connectivity index (χ1v) is 4.97. The number of carbonyl (C=O) groups is 2. The summed E-state index contributed by atoms with van der Waals surface area (Å²) in [7, 11) is 2.69. The molecule has 0 aliphatic heterocycles. The highest BCUT2D eigenvalue weighted by molar-refractivity contribution is 9.10. The summed E-state index contributed by atoms with van der Waals surface area (Å²) >= 11 is 3.29. The van der Waals surface area contributed by atoms with E-state index in [1.54, 1.807) is 18.2 Å². The predicted octanol–water partition coefficient (Wildman–Crippen LogP) is 1.58. The highest BCUT2D eigenvalue weighted by atomic mass is 79.9. The standard InChI is InChI=1S/C10H10BrNO3/c1-12(9(13)10(14)15-2)8-6-4-3-5-7(8)11/h3-6H,1-2H3. The molecule has 1 rings (SSSR count). The SMILES string of the molecule is COC(=O)C(=O)N(C)c1ccccc1Br. The van der Waals surface area contributed by atoms with Gasteiger partial charge >= 0.3 is 11.9 Å². The van der Waals surface area contributed by atoms with Crippen molar-refractivity contribution in [3.05, 3.63) is 28.7 Å². The fraction of sp³-hybridized carbons (Fsp3) is 0.200. The van der Waals surface area contributed by atoms with Crippen molar-refractivity contribution in [1.82, 2.24) is 0 Å². The topological polar surface area (TPSA) is 46.6 Å². The molecule has 0 spiro atoms. The second-order valence-electron chi connectivity index (χ2n) is 2.81. The fourth-order valence-corrected chi connectivity index (χ4v) is 1.61. The van der Waals surface area contributed by atoms with Gasteiger partial charge in [0.05, 0.1) is 12.8 Å². The Morgan fingerprint density at radius 1 is 1.33 bits per heavy atom. The Morgan fingerprint density at radius 3 is 2.47 bits per heavy atom. The van der Waals surface area contributed by atoms with Crippen LogP contribution in [0.3, 0.4) is 0 Å². The first kappa shape index (κ1) is 11.7. The molecule has 0 fully saturated rings. The number of hydrogen-bond donors (Lipinski definition) is 0. The molecule has 0 heterocycles. The Hall–Kier alpha value is -1.36. The maximum atomic E-state index is 11.5. The zero-order valence-electron chi connectivity index (χ0n) is 8.36. The van der Waals surface area contributed by atoms with Gasteiger partial charge in [0.2, 0.25) is 0 Å². The van der Waals surface area contributed by atoms with Crippen molar-refractivity contribution in [2.45, 2.75) is 0 Å². The van der Waals surface area contributed by atoms with Crippen LogP contribution in [-0.4, -0.2) is 26.0 Å². The number of nitrogens with zero attached hydrogens (tertiary/aromatic N) is 1. The smallest absolute Gasteiger partial charge is 0.397 e. The van der Waals surface area contributed by atoms with Crippen LogP contribution < -0.4 is 4.90 Å². The lowest BCUT2D eigenvalue weighted by atomic mass is 10.3. The Balaban J connectivity index is 2.95. The third-order valence-electron chi connectivity index (χ3n) is 1.88. The largest absolute Gasteiger partial charge is 0.462 e. The van der Waals surface area contributed by atoms with Crippen LogP contribution in [0.2, 0.25) is 0 Å². The number of halogens is 1. The number of carbonyl (C=O) groups excluding carboxylic acids is 2. The molecule has 0 aromatic heterocycles. The molecule has 0 N–H and O–H groups in total. The number of methoxy groups -OCH3 is 1. The fourth-order valence-electron chi connectivity index (χ4n) is 1.06. The van der Waals surface area contributed by atoms with Crippen molar-refractivity contribution in [2.75, 3.05) is 19.1 Å². The monoisotopic (exact) mass is 271 g/mol. The van der Waals surface area contributed by atoms with Crippen LogP contribution >= 0.6 is 15.9 Å². The van der Waals surface area contributed by atoms with E-state index in [1.165, 1.54) is 19.1 Å². The van der Waals surface area contributed by atoms with Crippen molar-refractivity contribution in [2.24, 2.45) is 0 Å². The van der Waals surface area contributed by atoms with Gasteiger partial charge in [0.25, 0.3) is 0 Å². The molecule has 15 heavy (non-hydrogen) atoms. The van der Waals surface area contributed by atoms with Crippen molar-refractivity contribution in [1.29, 1.82) is 0 Å². The number of rotatable bonds is 1. The van der Waals surface area contributed by atoms with E-state index < -0.39 is 11.9 Å². The van der Waals surface area contributed by atoms with Crippen molar-refractivity contribution in [3.63, 3.8) is 0 Å². The summed E-state index contributed by atoms with van der Waals surface area (Å²) in [6.07, 6.45) is 0. The summed E-state index contributed by atoms with van der Waals surface area (Å²) < 4.78 is 5.09. The summed E-state index contributed by atoms with van der Waals surface area (Å²) in [6, 6.07) is 7.12. The maximum absolute atomic E-state index is 11.5. The van der Waals surface area contributed by atoms with Crippen LogP contribution in [-0.2, 0) is 14.3 Å². The van der Waals surface area contributed by atoms with Crippen LogP contribution in [0.25, 0.3) is 0 Å². The quantitative estimate of drug-likeness (QED) is 0.576. The first-order chi connectivity index (χ1) is 7.07. The highest BCUT2D eigenvalue weighted by Crippen LogP contribution is 2.24. The van der Waals surface area contributed by atoms with E-state index in [4.69, 9.17) is 0 Å². The minimum atomic E-state index is -0.881. The summed E-state index contributed by atoms with van der Waals surface area (Å²) in [5.74, 6) is -1.59. The molecule has 0 bridgehead atoms. The molecule has 0 saturated heterocycles. The van der Waals surface area contributed by atoms with Crippen LogP contribution in [0, 0.1) is 0 Å². The average molecular weight is 272 g/mol. The molecule has 4 nitrogen and oxygen atoms in total. The number of amides is 1. The number of likely N-dealkylation sites (N-methyl/N-ethyl adjacent to an activating group) is 1. The Kier molecular flexibility index (Phi) is 3.85. The highest BCUT2D eigenvalue weighted by Gasteiger charge is 2.21. The minimum Gasteiger partial charge on any atom is -0.462 e. The molecular formula is C10H10BrNO3. The van der Waals surface area contributed by atoms with Crippen molar-refractivity contribution >= 4 is 33.5 Å². The van der Waals surface area contributed by atoms with Crippen molar-refractivity contribution in [3.8, 4) is 0 Å². The summed E-state index contributed by atoms with van der Waals surface area (Å²) in [5.41, 5.74) is 0.618. The molecule has 1 amide bonds. The number of benzene rings is 1. The average Bonchev–Trinajstić information content (AvgIpc) is 2.26. The lowest BCUT2D eigenvalue weighted by Gasteiger charge is -2.16. The number of hydrogen-bond acceptors (Lipinski definition) is 3. The van der Waals surface area contributed by atoms with Crippen LogP contribution in [0.1, 0.15) is 0 Å². The van der Waals surface area contributed by atoms with Crippen LogP contribution in [0.4, 0.5) is 5.69 Å². The van der Waals surface area contributed by atoms with Gasteiger partial charge in [-0.2, -0.15) is 0 Å². The number of para-hydroxylation sites is 1. The van der Waals surface area contributed by atoms with Gasteiger partial charge in [-0.15, -0.1) is 0 Å². The van der Waals surface area contributed by atoms with Gasteiger partial charge in [-0.1, -0.05) is 12.1 Å². The zero-order valence-corrected chi connectivity index (χ0v) is 9.95. The van der Waals surface area contributed by atoms with Gasteiger partial charge in [-0.25, -0.2) is 4.79 Å². The van der Waals surface area contributed by atoms with E-state index >= 15 is 0 Å². The van der Waals surface area contributed by atoms with Gasteiger partial charge in [-0.3, -0.25) is 4.79 Å². The number of anilines is 1.